The molecule has 0 N–H and O–H groups in total. The Bertz CT molecular complexity index is 144. The molecule has 0 aliphatic rings. The summed E-state index contributed by atoms with van der Waals surface area (Å²) in [6.45, 7) is 16.5. The van der Waals surface area contributed by atoms with Crippen molar-refractivity contribution in [3.05, 3.63) is 31.2 Å². The molecule has 0 heteroatoms. The van der Waals surface area contributed by atoms with Gasteiger partial charge in [-0.1, -0.05) is 39.8 Å². The number of hydrogen-bond acceptors (Lipinski definition) is 0. The van der Waals surface area contributed by atoms with E-state index in [0.29, 0.717) is 17.8 Å². The van der Waals surface area contributed by atoms with E-state index in [9.17, 15) is 0 Å². The van der Waals surface area contributed by atoms with Gasteiger partial charge in [0, 0.05) is 0 Å². The van der Waals surface area contributed by atoms with Crippen LogP contribution >= 0.6 is 0 Å². The van der Waals surface area contributed by atoms with Crippen molar-refractivity contribution < 1.29 is 0 Å². The molecule has 12 heavy (non-hydrogen) atoms. The highest BCUT2D eigenvalue weighted by molar-refractivity contribution is 5.02. The van der Waals surface area contributed by atoms with Gasteiger partial charge in [0.1, 0.15) is 0 Å². The molecule has 3 atom stereocenters. The van der Waals surface area contributed by atoms with Crippen molar-refractivity contribution in [3.8, 4) is 0 Å². The molecule has 0 aromatic rings. The average Bonchev–Trinajstić information content (AvgIpc) is 2.03. The Morgan fingerprint density at radius 3 is 1.83 bits per heavy atom. The predicted molar refractivity (Wildman–Crippen MR) is 56.8 cm³/mol. The van der Waals surface area contributed by atoms with Gasteiger partial charge in [-0.15, -0.1) is 13.2 Å². The topological polar surface area (TPSA) is 0 Å². The van der Waals surface area contributed by atoms with Crippen LogP contribution in [0.1, 0.15) is 27.7 Å². The molecule has 0 fully saturated rings. The standard InChI is InChI=1S/C12H21/c1-7-10(5)11(6)12(8-2)9(3)4/h7-8,10-12H,1-2H2,3-6H3. The first-order valence-electron chi connectivity index (χ1n) is 4.59. The smallest absolute Gasteiger partial charge is 0.0148 e. The van der Waals surface area contributed by atoms with Gasteiger partial charge < -0.3 is 0 Å². The van der Waals surface area contributed by atoms with Gasteiger partial charge >= 0.3 is 0 Å². The maximum Gasteiger partial charge on any atom is -0.0148 e. The normalized spacial score (nSPS) is 18.4. The second kappa shape index (κ2) is 5.18. The van der Waals surface area contributed by atoms with Crippen molar-refractivity contribution in [2.24, 2.45) is 17.8 Å². The Kier molecular flexibility index (Phi) is 4.96. The van der Waals surface area contributed by atoms with Gasteiger partial charge in [-0.25, -0.2) is 0 Å². The zero-order valence-electron chi connectivity index (χ0n) is 8.80. The molecular weight excluding hydrogens is 144 g/mol. The van der Waals surface area contributed by atoms with E-state index >= 15 is 0 Å². The second-order valence-electron chi connectivity index (χ2n) is 3.79. The average molecular weight is 165 g/mol. The van der Waals surface area contributed by atoms with Crippen LogP contribution in [0, 0.1) is 23.7 Å². The lowest BCUT2D eigenvalue weighted by Crippen LogP contribution is -2.19. The van der Waals surface area contributed by atoms with E-state index in [4.69, 9.17) is 0 Å². The minimum atomic E-state index is 0.526. The largest absolute Gasteiger partial charge is 0.103 e. The third-order valence-electron chi connectivity index (χ3n) is 2.69. The molecule has 1 radical (unpaired) electrons. The van der Waals surface area contributed by atoms with Crippen LogP contribution in [0.4, 0.5) is 0 Å². The minimum absolute atomic E-state index is 0.526. The quantitative estimate of drug-likeness (QED) is 0.543. The summed E-state index contributed by atoms with van der Waals surface area (Å²) >= 11 is 0. The van der Waals surface area contributed by atoms with Crippen molar-refractivity contribution in [1.82, 2.24) is 0 Å². The minimum Gasteiger partial charge on any atom is -0.103 e. The molecule has 0 heterocycles. The van der Waals surface area contributed by atoms with Gasteiger partial charge in [0.15, 0.2) is 0 Å². The summed E-state index contributed by atoms with van der Waals surface area (Å²) in [4.78, 5) is 0. The van der Waals surface area contributed by atoms with Crippen molar-refractivity contribution in [1.29, 1.82) is 0 Å². The third-order valence-corrected chi connectivity index (χ3v) is 2.69. The first-order valence-corrected chi connectivity index (χ1v) is 4.59. The van der Waals surface area contributed by atoms with Crippen molar-refractivity contribution in [2.75, 3.05) is 0 Å². The zero-order valence-corrected chi connectivity index (χ0v) is 8.80. The third kappa shape index (κ3) is 2.84. The molecule has 0 saturated carbocycles. The van der Waals surface area contributed by atoms with Crippen LogP contribution < -0.4 is 0 Å². The van der Waals surface area contributed by atoms with Crippen molar-refractivity contribution >= 4 is 0 Å². The number of allylic oxidation sites excluding steroid dienone is 2. The van der Waals surface area contributed by atoms with E-state index < -0.39 is 0 Å². The summed E-state index contributed by atoms with van der Waals surface area (Å²) in [5.41, 5.74) is 0. The van der Waals surface area contributed by atoms with Crippen LogP contribution in [0.3, 0.4) is 0 Å². The molecule has 0 amide bonds. The first-order chi connectivity index (χ1) is 5.54. The Labute approximate surface area is 77.4 Å². The summed E-state index contributed by atoms with van der Waals surface area (Å²) in [6.07, 6.45) is 4.06. The molecule has 0 aromatic heterocycles. The number of rotatable bonds is 5. The fourth-order valence-corrected chi connectivity index (χ4v) is 1.52. The Morgan fingerprint density at radius 1 is 1.08 bits per heavy atom. The van der Waals surface area contributed by atoms with Gasteiger partial charge in [-0.2, -0.15) is 0 Å². The maximum absolute atomic E-state index is 3.86. The molecule has 0 rings (SSSR count). The molecule has 0 bridgehead atoms. The van der Waals surface area contributed by atoms with Crippen LogP contribution in [0.5, 0.6) is 0 Å². The molecular formula is C12H21. The lowest BCUT2D eigenvalue weighted by molar-refractivity contribution is 0.363. The molecule has 0 aromatic carbocycles. The molecule has 0 spiro atoms. The van der Waals surface area contributed by atoms with Gasteiger partial charge in [-0.05, 0) is 23.7 Å². The van der Waals surface area contributed by atoms with E-state index in [0.717, 1.165) is 0 Å². The number of hydrogen-bond donors (Lipinski definition) is 0. The fraction of sp³-hybridized carbons (Fsp3) is 0.583. The highest BCUT2D eigenvalue weighted by Crippen LogP contribution is 2.29. The van der Waals surface area contributed by atoms with E-state index in [-0.39, 0.29) is 0 Å². The van der Waals surface area contributed by atoms with Gasteiger partial charge in [0.05, 0.1) is 0 Å². The summed E-state index contributed by atoms with van der Waals surface area (Å²) in [6, 6.07) is 0. The molecule has 69 valence electrons. The summed E-state index contributed by atoms with van der Waals surface area (Å²) in [5, 5.41) is 0. The SMILES string of the molecule is C=CC(C)C(C)C(C=C)[C](C)C. The van der Waals surface area contributed by atoms with Gasteiger partial charge in [0.2, 0.25) is 0 Å². The van der Waals surface area contributed by atoms with E-state index in [1.807, 2.05) is 12.2 Å². The van der Waals surface area contributed by atoms with E-state index in [1.165, 1.54) is 5.92 Å². The van der Waals surface area contributed by atoms with Crippen LogP contribution in [0.25, 0.3) is 0 Å². The first kappa shape index (κ1) is 11.5. The maximum atomic E-state index is 3.86. The molecule has 0 aliphatic heterocycles. The van der Waals surface area contributed by atoms with Gasteiger partial charge in [-0.3, -0.25) is 0 Å². The van der Waals surface area contributed by atoms with Crippen molar-refractivity contribution in [3.63, 3.8) is 0 Å². The highest BCUT2D eigenvalue weighted by Gasteiger charge is 2.21. The zero-order chi connectivity index (χ0) is 9.72. The summed E-state index contributed by atoms with van der Waals surface area (Å²) in [5.74, 6) is 3.14. The van der Waals surface area contributed by atoms with Crippen molar-refractivity contribution in [2.45, 2.75) is 27.7 Å². The Hall–Kier alpha value is -0.520. The van der Waals surface area contributed by atoms with Crippen LogP contribution in [-0.4, -0.2) is 0 Å². The summed E-state index contributed by atoms with van der Waals surface area (Å²) < 4.78 is 0. The molecule has 0 saturated heterocycles. The molecule has 0 aliphatic carbocycles. The lowest BCUT2D eigenvalue weighted by Gasteiger charge is -2.27. The monoisotopic (exact) mass is 165 g/mol. The predicted octanol–water partition coefficient (Wildman–Crippen LogP) is 3.86. The van der Waals surface area contributed by atoms with Crippen LogP contribution in [0.15, 0.2) is 25.3 Å². The fourth-order valence-electron chi connectivity index (χ4n) is 1.52. The second-order valence-corrected chi connectivity index (χ2v) is 3.79. The van der Waals surface area contributed by atoms with E-state index in [1.54, 1.807) is 0 Å². The van der Waals surface area contributed by atoms with E-state index in [2.05, 4.69) is 40.9 Å². The molecule has 3 unspecified atom stereocenters. The highest BCUT2D eigenvalue weighted by atomic mass is 14.3. The summed E-state index contributed by atoms with van der Waals surface area (Å²) in [7, 11) is 0. The van der Waals surface area contributed by atoms with Crippen LogP contribution in [-0.2, 0) is 0 Å². The van der Waals surface area contributed by atoms with Crippen LogP contribution in [0.2, 0.25) is 0 Å². The van der Waals surface area contributed by atoms with Gasteiger partial charge in [0.25, 0.3) is 0 Å². The molecule has 0 nitrogen and oxygen atoms in total. The lowest BCUT2D eigenvalue weighted by atomic mass is 9.78. The Morgan fingerprint density at radius 2 is 1.58 bits per heavy atom. The Balaban J connectivity index is 4.29.